The van der Waals surface area contributed by atoms with E-state index in [0.29, 0.717) is 10.6 Å². The number of nitrogens with one attached hydrogen (secondary N) is 3. The number of benzene rings is 1. The number of hydrogen-bond donors (Lipinski definition) is 3. The molecule has 1 saturated carbocycles. The SMILES string of the molecule is COC[C@@H](NC(=O)CC1CC1(F)F)C(=O)N[C@H](Cc1ccccc1)C(=O)C(=O)NCc1nccs1. The van der Waals surface area contributed by atoms with Gasteiger partial charge in [0.05, 0.1) is 13.2 Å². The summed E-state index contributed by atoms with van der Waals surface area (Å²) in [6, 6.07) is 6.31. The highest BCUT2D eigenvalue weighted by atomic mass is 32.1. The second kappa shape index (κ2) is 11.9. The molecule has 9 nitrogen and oxygen atoms in total. The Morgan fingerprint density at radius 2 is 1.89 bits per heavy atom. The van der Waals surface area contributed by atoms with E-state index in [1.807, 2.05) is 0 Å². The Bertz CT molecular complexity index is 1040. The lowest BCUT2D eigenvalue weighted by molar-refractivity contribution is -0.140. The number of halogens is 2. The van der Waals surface area contributed by atoms with Crippen molar-refractivity contribution in [3.63, 3.8) is 0 Å². The lowest BCUT2D eigenvalue weighted by Crippen LogP contribution is -2.55. The van der Waals surface area contributed by atoms with E-state index >= 15 is 0 Å². The molecule has 12 heteroatoms. The largest absolute Gasteiger partial charge is 0.382 e. The van der Waals surface area contributed by atoms with Gasteiger partial charge in [-0.1, -0.05) is 30.3 Å². The topological polar surface area (TPSA) is 126 Å². The average Bonchev–Trinajstić information content (AvgIpc) is 3.18. The predicted molar refractivity (Wildman–Crippen MR) is 123 cm³/mol. The van der Waals surface area contributed by atoms with Gasteiger partial charge in [0.15, 0.2) is 0 Å². The highest BCUT2D eigenvalue weighted by molar-refractivity contribution is 7.09. The first kappa shape index (κ1) is 26.4. The Kier molecular flexibility index (Phi) is 8.99. The molecule has 0 radical (unpaired) electrons. The Balaban J connectivity index is 1.66. The number of rotatable bonds is 13. The number of methoxy groups -OCH3 is 1. The number of Topliss-reactive ketones (excluding diaryl/α,β-unsaturated/α-hetero) is 1. The zero-order valence-electron chi connectivity index (χ0n) is 19.0. The molecule has 35 heavy (non-hydrogen) atoms. The minimum absolute atomic E-state index is 0.0258. The van der Waals surface area contributed by atoms with Crippen LogP contribution in [0.5, 0.6) is 0 Å². The van der Waals surface area contributed by atoms with E-state index < -0.39 is 53.8 Å². The molecular formula is C23H26F2N4O5S. The van der Waals surface area contributed by atoms with Crippen molar-refractivity contribution in [3.05, 3.63) is 52.5 Å². The second-order valence-corrected chi connectivity index (χ2v) is 9.14. The Morgan fingerprint density at radius 3 is 2.49 bits per heavy atom. The van der Waals surface area contributed by atoms with E-state index in [9.17, 15) is 28.0 Å². The third-order valence-electron chi connectivity index (χ3n) is 5.40. The first-order chi connectivity index (χ1) is 16.7. The lowest BCUT2D eigenvalue weighted by atomic mass is 10.0. The number of carbonyl (C=O) groups excluding carboxylic acids is 4. The van der Waals surface area contributed by atoms with Crippen molar-refractivity contribution in [1.82, 2.24) is 20.9 Å². The van der Waals surface area contributed by atoms with Crippen LogP contribution in [0.15, 0.2) is 41.9 Å². The fourth-order valence-electron chi connectivity index (χ4n) is 3.39. The van der Waals surface area contributed by atoms with Crippen LogP contribution in [-0.2, 0) is 36.9 Å². The van der Waals surface area contributed by atoms with Gasteiger partial charge in [-0.3, -0.25) is 19.2 Å². The van der Waals surface area contributed by atoms with Crippen LogP contribution in [-0.4, -0.2) is 60.2 Å². The van der Waals surface area contributed by atoms with Crippen molar-refractivity contribution in [1.29, 1.82) is 0 Å². The van der Waals surface area contributed by atoms with Crippen LogP contribution < -0.4 is 16.0 Å². The van der Waals surface area contributed by atoms with Crippen molar-refractivity contribution in [2.45, 2.75) is 43.8 Å². The third-order valence-corrected chi connectivity index (χ3v) is 6.18. The summed E-state index contributed by atoms with van der Waals surface area (Å²) in [7, 11) is 1.31. The number of nitrogens with zero attached hydrogens (tertiary/aromatic N) is 1. The minimum Gasteiger partial charge on any atom is -0.382 e. The molecule has 188 valence electrons. The van der Waals surface area contributed by atoms with Crippen molar-refractivity contribution in [3.8, 4) is 0 Å². The van der Waals surface area contributed by atoms with Gasteiger partial charge in [-0.25, -0.2) is 13.8 Å². The maximum atomic E-state index is 13.1. The van der Waals surface area contributed by atoms with Gasteiger partial charge in [-0.2, -0.15) is 0 Å². The first-order valence-electron chi connectivity index (χ1n) is 10.9. The first-order valence-corrected chi connectivity index (χ1v) is 11.8. The zero-order chi connectivity index (χ0) is 25.4. The maximum Gasteiger partial charge on any atom is 0.289 e. The van der Waals surface area contributed by atoms with Gasteiger partial charge < -0.3 is 20.7 Å². The quantitative estimate of drug-likeness (QED) is 0.350. The van der Waals surface area contributed by atoms with Gasteiger partial charge in [-0.05, 0) is 5.56 Å². The van der Waals surface area contributed by atoms with E-state index in [2.05, 4.69) is 20.9 Å². The molecule has 3 amide bonds. The summed E-state index contributed by atoms with van der Waals surface area (Å²) in [5, 5.41) is 9.72. The Hall–Kier alpha value is -3.25. The minimum atomic E-state index is -2.87. The van der Waals surface area contributed by atoms with Gasteiger partial charge in [0.25, 0.3) is 11.8 Å². The van der Waals surface area contributed by atoms with Crippen LogP contribution in [0.4, 0.5) is 8.78 Å². The summed E-state index contributed by atoms with van der Waals surface area (Å²) in [6.07, 6.45) is 0.802. The number of thiazole rings is 1. The van der Waals surface area contributed by atoms with Gasteiger partial charge >= 0.3 is 0 Å². The molecule has 3 rings (SSSR count). The summed E-state index contributed by atoms with van der Waals surface area (Å²) >= 11 is 1.31. The molecule has 3 atom stereocenters. The Labute approximate surface area is 204 Å². The molecular weight excluding hydrogens is 482 g/mol. The maximum absolute atomic E-state index is 13.1. The monoisotopic (exact) mass is 508 g/mol. The fourth-order valence-corrected chi connectivity index (χ4v) is 3.95. The molecule has 1 aromatic carbocycles. The predicted octanol–water partition coefficient (Wildman–Crippen LogP) is 1.23. The second-order valence-electron chi connectivity index (χ2n) is 8.17. The Morgan fingerprint density at radius 1 is 1.17 bits per heavy atom. The number of ketones is 1. The van der Waals surface area contributed by atoms with E-state index in [4.69, 9.17) is 4.74 Å². The molecule has 1 unspecified atom stereocenters. The summed E-state index contributed by atoms with van der Waals surface area (Å²) in [5.41, 5.74) is 0.696. The number of carbonyl (C=O) groups is 4. The van der Waals surface area contributed by atoms with E-state index in [1.165, 1.54) is 18.4 Å². The molecule has 1 aliphatic rings. The van der Waals surface area contributed by atoms with Crippen molar-refractivity contribution in [2.75, 3.05) is 13.7 Å². The molecule has 3 N–H and O–H groups in total. The number of ether oxygens (including phenoxy) is 1. The molecule has 1 fully saturated rings. The smallest absolute Gasteiger partial charge is 0.289 e. The fraction of sp³-hybridized carbons (Fsp3) is 0.435. The molecule has 2 aromatic rings. The third kappa shape index (κ3) is 7.89. The van der Waals surface area contributed by atoms with Crippen LogP contribution in [0.25, 0.3) is 0 Å². The molecule has 1 aliphatic carbocycles. The number of amides is 3. The highest BCUT2D eigenvalue weighted by Crippen LogP contribution is 2.50. The average molecular weight is 509 g/mol. The van der Waals surface area contributed by atoms with Crippen LogP contribution in [0, 0.1) is 5.92 Å². The molecule has 0 bridgehead atoms. The van der Waals surface area contributed by atoms with Crippen molar-refractivity contribution < 1.29 is 32.7 Å². The summed E-state index contributed by atoms with van der Waals surface area (Å²) < 4.78 is 31.3. The molecule has 1 heterocycles. The molecule has 0 spiro atoms. The van der Waals surface area contributed by atoms with Gasteiger partial charge in [0.2, 0.25) is 17.6 Å². The van der Waals surface area contributed by atoms with Crippen LogP contribution in [0.1, 0.15) is 23.4 Å². The van der Waals surface area contributed by atoms with Gasteiger partial charge in [-0.15, -0.1) is 11.3 Å². The van der Waals surface area contributed by atoms with E-state index in [-0.39, 0.29) is 26.0 Å². The summed E-state index contributed by atoms with van der Waals surface area (Å²) in [6.45, 7) is -0.191. The number of hydrogen-bond acceptors (Lipinski definition) is 7. The van der Waals surface area contributed by atoms with Gasteiger partial charge in [0, 0.05) is 43.9 Å². The van der Waals surface area contributed by atoms with E-state index in [0.717, 1.165) is 0 Å². The summed E-state index contributed by atoms with van der Waals surface area (Å²) in [4.78, 5) is 54.6. The molecule has 1 aromatic heterocycles. The van der Waals surface area contributed by atoms with E-state index in [1.54, 1.807) is 41.9 Å². The van der Waals surface area contributed by atoms with Gasteiger partial charge in [0.1, 0.15) is 17.1 Å². The van der Waals surface area contributed by atoms with Crippen molar-refractivity contribution in [2.24, 2.45) is 5.92 Å². The molecule has 0 saturated heterocycles. The normalized spacial score (nSPS) is 17.6. The standard InChI is InChI=1S/C23H26F2N4O5S/c1-34-13-17(28-18(30)10-15-11-23(15,24)25)21(32)29-16(9-14-5-3-2-4-6-14)20(31)22(33)27-12-19-26-7-8-35-19/h2-8,15-17H,9-13H2,1H3,(H,27,33)(H,28,30)(H,29,32)/t15?,16-,17-/m1/s1. The lowest BCUT2D eigenvalue weighted by Gasteiger charge is -2.22. The van der Waals surface area contributed by atoms with Crippen molar-refractivity contribution >= 4 is 34.8 Å². The van der Waals surface area contributed by atoms with Crippen LogP contribution >= 0.6 is 11.3 Å². The molecule has 0 aliphatic heterocycles. The number of aromatic nitrogens is 1. The summed E-state index contributed by atoms with van der Waals surface area (Å²) in [5.74, 6) is -7.19. The zero-order valence-corrected chi connectivity index (χ0v) is 19.8. The highest BCUT2D eigenvalue weighted by Gasteiger charge is 2.57. The van der Waals surface area contributed by atoms with Crippen LogP contribution in [0.2, 0.25) is 0 Å². The number of alkyl halides is 2. The van der Waals surface area contributed by atoms with Crippen LogP contribution in [0.3, 0.4) is 0 Å².